The van der Waals surface area contributed by atoms with Gasteiger partial charge in [0.2, 0.25) is 0 Å². The van der Waals surface area contributed by atoms with Crippen LogP contribution in [-0.4, -0.2) is 41.1 Å². The molecule has 0 heterocycles. The molecule has 3 rings (SSSR count). The fraction of sp³-hybridized carbons (Fsp3) is 0.200. The standard InChI is InChI=1S/C25H26N2O4/c28-19-23(25(30)31-24(29)16-26-22-14-8-3-9-15-22)27(17-20-10-4-1-5-11-20)18-21-12-6-2-7-13-21/h1-15,23,26,28H,16-19H2/t23-/m0/s1. The van der Waals surface area contributed by atoms with Crippen molar-refractivity contribution in [2.45, 2.75) is 19.1 Å². The van der Waals surface area contributed by atoms with Gasteiger partial charge in [0.05, 0.1) is 6.61 Å². The first-order chi connectivity index (χ1) is 15.2. The number of para-hydroxylation sites is 1. The van der Waals surface area contributed by atoms with E-state index in [-0.39, 0.29) is 6.54 Å². The topological polar surface area (TPSA) is 78.9 Å². The van der Waals surface area contributed by atoms with Gasteiger partial charge in [-0.3, -0.25) is 4.90 Å². The highest BCUT2D eigenvalue weighted by atomic mass is 16.6. The van der Waals surface area contributed by atoms with Crippen LogP contribution in [0.25, 0.3) is 0 Å². The molecule has 0 bridgehead atoms. The van der Waals surface area contributed by atoms with Crippen molar-refractivity contribution in [3.05, 3.63) is 102 Å². The predicted molar refractivity (Wildman–Crippen MR) is 119 cm³/mol. The Bertz CT molecular complexity index is 908. The number of hydrogen-bond donors (Lipinski definition) is 2. The van der Waals surface area contributed by atoms with Gasteiger partial charge in [-0.1, -0.05) is 78.9 Å². The number of ether oxygens (including phenoxy) is 1. The maximum atomic E-state index is 12.7. The molecular weight excluding hydrogens is 392 g/mol. The summed E-state index contributed by atoms with van der Waals surface area (Å²) in [7, 11) is 0. The molecule has 0 aliphatic rings. The first-order valence-electron chi connectivity index (χ1n) is 10.1. The average Bonchev–Trinajstić information content (AvgIpc) is 2.80. The van der Waals surface area contributed by atoms with E-state index in [1.807, 2.05) is 95.9 Å². The molecule has 31 heavy (non-hydrogen) atoms. The number of carbonyl (C=O) groups excluding carboxylic acids is 2. The van der Waals surface area contributed by atoms with E-state index in [0.717, 1.165) is 16.8 Å². The lowest BCUT2D eigenvalue weighted by Gasteiger charge is -2.29. The van der Waals surface area contributed by atoms with E-state index >= 15 is 0 Å². The van der Waals surface area contributed by atoms with Gasteiger partial charge in [0.1, 0.15) is 12.6 Å². The van der Waals surface area contributed by atoms with E-state index in [0.29, 0.717) is 13.1 Å². The van der Waals surface area contributed by atoms with E-state index in [9.17, 15) is 14.7 Å². The summed E-state index contributed by atoms with van der Waals surface area (Å²) in [6, 6.07) is 27.5. The lowest BCUT2D eigenvalue weighted by atomic mass is 10.1. The number of anilines is 1. The number of hydrogen-bond acceptors (Lipinski definition) is 6. The smallest absolute Gasteiger partial charge is 0.333 e. The summed E-state index contributed by atoms with van der Waals surface area (Å²) in [5.74, 6) is -1.47. The molecule has 160 valence electrons. The molecule has 0 aromatic heterocycles. The molecule has 6 nitrogen and oxygen atoms in total. The van der Waals surface area contributed by atoms with Gasteiger partial charge in [0.15, 0.2) is 0 Å². The van der Waals surface area contributed by atoms with Gasteiger partial charge in [-0.2, -0.15) is 0 Å². The zero-order valence-corrected chi connectivity index (χ0v) is 17.2. The zero-order valence-electron chi connectivity index (χ0n) is 17.2. The van der Waals surface area contributed by atoms with Gasteiger partial charge in [0.25, 0.3) is 0 Å². The molecule has 0 radical (unpaired) electrons. The minimum atomic E-state index is -0.971. The third-order valence-electron chi connectivity index (χ3n) is 4.77. The third-order valence-corrected chi connectivity index (χ3v) is 4.77. The summed E-state index contributed by atoms with van der Waals surface area (Å²) in [6.07, 6.45) is 0. The van der Waals surface area contributed by atoms with Crippen LogP contribution in [0.5, 0.6) is 0 Å². The quantitative estimate of drug-likeness (QED) is 0.389. The van der Waals surface area contributed by atoms with Crippen LogP contribution in [0.15, 0.2) is 91.0 Å². The first kappa shape index (κ1) is 22.2. The van der Waals surface area contributed by atoms with Crippen LogP contribution in [0.3, 0.4) is 0 Å². The molecule has 0 unspecified atom stereocenters. The van der Waals surface area contributed by atoms with Crippen molar-refractivity contribution in [1.82, 2.24) is 4.90 Å². The Morgan fingerprint density at radius 3 is 1.77 bits per heavy atom. The molecule has 0 saturated carbocycles. The fourth-order valence-corrected chi connectivity index (χ4v) is 3.20. The Morgan fingerprint density at radius 1 is 0.806 bits per heavy atom. The Hall–Kier alpha value is -3.48. The second kappa shape index (κ2) is 11.6. The second-order valence-electron chi connectivity index (χ2n) is 7.09. The van der Waals surface area contributed by atoms with Crippen molar-refractivity contribution in [3.8, 4) is 0 Å². The first-order valence-corrected chi connectivity index (χ1v) is 10.1. The van der Waals surface area contributed by atoms with Crippen molar-refractivity contribution >= 4 is 17.6 Å². The Morgan fingerprint density at radius 2 is 1.29 bits per heavy atom. The molecule has 0 amide bonds. The lowest BCUT2D eigenvalue weighted by molar-refractivity contribution is -0.163. The summed E-state index contributed by atoms with van der Waals surface area (Å²) < 4.78 is 5.04. The van der Waals surface area contributed by atoms with Crippen molar-refractivity contribution in [1.29, 1.82) is 0 Å². The van der Waals surface area contributed by atoms with Crippen molar-refractivity contribution in [2.75, 3.05) is 18.5 Å². The van der Waals surface area contributed by atoms with Gasteiger partial charge in [-0.15, -0.1) is 0 Å². The molecule has 0 fully saturated rings. The van der Waals surface area contributed by atoms with Crippen LogP contribution >= 0.6 is 0 Å². The van der Waals surface area contributed by atoms with Crippen LogP contribution < -0.4 is 5.32 Å². The molecule has 0 aliphatic carbocycles. The average molecular weight is 418 g/mol. The zero-order chi connectivity index (χ0) is 21.9. The molecule has 3 aromatic carbocycles. The maximum absolute atomic E-state index is 12.7. The number of aliphatic hydroxyl groups excluding tert-OH is 1. The molecule has 2 N–H and O–H groups in total. The van der Waals surface area contributed by atoms with Crippen LogP contribution in [0.1, 0.15) is 11.1 Å². The fourth-order valence-electron chi connectivity index (χ4n) is 3.20. The summed E-state index contributed by atoms with van der Waals surface area (Å²) in [6.45, 7) is 0.238. The SMILES string of the molecule is O=C(CNc1ccccc1)OC(=O)[C@H](CO)N(Cc1ccccc1)Cc1ccccc1. The molecular formula is C25H26N2O4. The minimum absolute atomic E-state index is 0.148. The van der Waals surface area contributed by atoms with E-state index in [1.165, 1.54) is 0 Å². The Labute approximate surface area is 182 Å². The molecule has 0 saturated heterocycles. The Kier molecular flexibility index (Phi) is 8.34. The maximum Gasteiger partial charge on any atom is 0.333 e. The van der Waals surface area contributed by atoms with Gasteiger partial charge < -0.3 is 15.2 Å². The number of carbonyl (C=O) groups is 2. The molecule has 6 heteroatoms. The van der Waals surface area contributed by atoms with Gasteiger partial charge in [0, 0.05) is 18.8 Å². The number of nitrogens with one attached hydrogen (secondary N) is 1. The largest absolute Gasteiger partial charge is 0.394 e. The van der Waals surface area contributed by atoms with Crippen molar-refractivity contribution in [2.24, 2.45) is 0 Å². The summed E-state index contributed by atoms with van der Waals surface area (Å²) in [5, 5.41) is 12.9. The van der Waals surface area contributed by atoms with Crippen LogP contribution in [0.2, 0.25) is 0 Å². The lowest BCUT2D eigenvalue weighted by Crippen LogP contribution is -2.45. The van der Waals surface area contributed by atoms with Crippen LogP contribution in [0.4, 0.5) is 5.69 Å². The summed E-state index contributed by atoms with van der Waals surface area (Å²) in [4.78, 5) is 26.7. The highest BCUT2D eigenvalue weighted by Gasteiger charge is 2.29. The normalized spacial score (nSPS) is 11.7. The molecule has 3 aromatic rings. The van der Waals surface area contributed by atoms with E-state index in [2.05, 4.69) is 5.32 Å². The number of nitrogens with zero attached hydrogens (tertiary/aromatic N) is 1. The monoisotopic (exact) mass is 418 g/mol. The predicted octanol–water partition coefficient (Wildman–Crippen LogP) is 3.23. The number of rotatable bonds is 10. The highest BCUT2D eigenvalue weighted by Crippen LogP contribution is 2.15. The number of esters is 2. The van der Waals surface area contributed by atoms with Crippen molar-refractivity contribution < 1.29 is 19.4 Å². The molecule has 0 aliphatic heterocycles. The van der Waals surface area contributed by atoms with E-state index in [1.54, 1.807) is 0 Å². The van der Waals surface area contributed by atoms with Gasteiger partial charge in [-0.25, -0.2) is 9.59 Å². The number of aliphatic hydroxyl groups is 1. The highest BCUT2D eigenvalue weighted by molar-refractivity contribution is 5.90. The van der Waals surface area contributed by atoms with Gasteiger partial charge in [-0.05, 0) is 23.3 Å². The number of benzene rings is 3. The molecule has 1 atom stereocenters. The minimum Gasteiger partial charge on any atom is -0.394 e. The third kappa shape index (κ3) is 7.06. The van der Waals surface area contributed by atoms with E-state index < -0.39 is 24.6 Å². The Balaban J connectivity index is 1.67. The second-order valence-corrected chi connectivity index (χ2v) is 7.09. The van der Waals surface area contributed by atoms with Crippen molar-refractivity contribution in [3.63, 3.8) is 0 Å². The summed E-state index contributed by atoms with van der Waals surface area (Å²) in [5.41, 5.74) is 2.73. The van der Waals surface area contributed by atoms with Crippen LogP contribution in [0, 0.1) is 0 Å². The molecule has 0 spiro atoms. The van der Waals surface area contributed by atoms with Crippen LogP contribution in [-0.2, 0) is 27.4 Å². The summed E-state index contributed by atoms with van der Waals surface area (Å²) >= 11 is 0. The van der Waals surface area contributed by atoms with Gasteiger partial charge >= 0.3 is 11.9 Å². The van der Waals surface area contributed by atoms with E-state index in [4.69, 9.17) is 4.74 Å².